The summed E-state index contributed by atoms with van der Waals surface area (Å²) in [6, 6.07) is 11.4. The first-order valence-corrected chi connectivity index (χ1v) is 15.0. The number of likely N-dealkylation sites (N-methyl/N-ethyl adjacent to an activating group) is 1. The Bertz CT molecular complexity index is 1550. The number of aromatic nitrogens is 1. The molecular weight excluding hydrogens is 586 g/mol. The zero-order valence-electron chi connectivity index (χ0n) is 25.1. The molecule has 44 heavy (non-hydrogen) atoms. The molecule has 0 bridgehead atoms. The molecule has 3 heterocycles. The lowest BCUT2D eigenvalue weighted by Crippen LogP contribution is -2.65. The number of hydrogen-bond acceptors (Lipinski definition) is 10. The van der Waals surface area contributed by atoms with Crippen molar-refractivity contribution in [2.75, 3.05) is 60.1 Å². The zero-order valence-corrected chi connectivity index (χ0v) is 26.0. The van der Waals surface area contributed by atoms with Gasteiger partial charge in [-0.2, -0.15) is 5.01 Å². The van der Waals surface area contributed by atoms with Crippen LogP contribution < -0.4 is 21.1 Å². The summed E-state index contributed by atoms with van der Waals surface area (Å²) >= 11 is 1.38. The lowest BCUT2D eigenvalue weighted by molar-refractivity contribution is -0.157. The van der Waals surface area contributed by atoms with Gasteiger partial charge in [-0.15, -0.1) is 0 Å². The predicted octanol–water partition coefficient (Wildman–Crippen LogP) is 1.14. The van der Waals surface area contributed by atoms with Crippen molar-refractivity contribution in [3.8, 4) is 5.75 Å². The maximum atomic E-state index is 14.1. The van der Waals surface area contributed by atoms with Crippen LogP contribution in [0.4, 0.5) is 14.7 Å². The van der Waals surface area contributed by atoms with Gasteiger partial charge in [0, 0.05) is 40.2 Å². The number of amides is 5. The lowest BCUT2D eigenvalue weighted by Gasteiger charge is -2.45. The summed E-state index contributed by atoms with van der Waals surface area (Å²) in [5.41, 5.74) is 8.34. The molecule has 0 radical (unpaired) electrons. The van der Waals surface area contributed by atoms with Crippen molar-refractivity contribution in [2.24, 2.45) is 0 Å². The van der Waals surface area contributed by atoms with Gasteiger partial charge in [0.2, 0.25) is 11.8 Å². The fourth-order valence-corrected chi connectivity index (χ4v) is 6.31. The third-order valence-electron chi connectivity index (χ3n) is 7.73. The topological polar surface area (TPSA) is 157 Å². The molecular formula is C29H37N9O5S. The standard InChI is InChI=1S/C29H37N9O5S/c1-31-28(41)35(4)37-17-24(39)38-21(14-18-8-10-20(11-9-18)43-29(42)32-12-13-34(2)3)26(40)36(16-23(37)38)15-19-6-5-7-22-25(19)33-27(30)44-22/h5-11,21,23H,12-17H2,1-4H3,(H2,30,33)(H,31,41)(H,32,42)/t21-,23+/m0/s1. The third-order valence-corrected chi connectivity index (χ3v) is 8.58. The number of carbonyl (C=O) groups excluding carboxylic acids is 4. The summed E-state index contributed by atoms with van der Waals surface area (Å²) in [5.74, 6) is -0.0934. The Kier molecular flexibility index (Phi) is 9.17. The minimum atomic E-state index is -0.815. The highest BCUT2D eigenvalue weighted by molar-refractivity contribution is 7.22. The number of nitrogens with zero attached hydrogens (tertiary/aromatic N) is 6. The Hall–Kier alpha value is -4.47. The second kappa shape index (κ2) is 13.0. The number of benzene rings is 2. The first-order valence-electron chi connectivity index (χ1n) is 14.2. The molecule has 1 aromatic heterocycles. The van der Waals surface area contributed by atoms with Crippen molar-refractivity contribution in [1.29, 1.82) is 0 Å². The van der Waals surface area contributed by atoms with Crippen molar-refractivity contribution < 1.29 is 23.9 Å². The smallest absolute Gasteiger partial charge is 0.410 e. The number of fused-ring (bicyclic) bond motifs is 2. The van der Waals surface area contributed by atoms with Gasteiger partial charge in [0.25, 0.3) is 0 Å². The van der Waals surface area contributed by atoms with E-state index in [1.807, 2.05) is 37.2 Å². The summed E-state index contributed by atoms with van der Waals surface area (Å²) in [6.07, 6.45) is -0.876. The molecule has 15 heteroatoms. The van der Waals surface area contributed by atoms with Crippen molar-refractivity contribution in [3.63, 3.8) is 0 Å². The molecule has 14 nitrogen and oxygen atoms in total. The van der Waals surface area contributed by atoms with Crippen molar-refractivity contribution in [1.82, 2.24) is 40.3 Å². The Balaban J connectivity index is 1.38. The largest absolute Gasteiger partial charge is 0.412 e. The van der Waals surface area contributed by atoms with E-state index in [1.165, 1.54) is 23.4 Å². The van der Waals surface area contributed by atoms with Crippen LogP contribution in [0.25, 0.3) is 10.2 Å². The van der Waals surface area contributed by atoms with Crippen LogP contribution in [-0.2, 0) is 22.6 Å². The number of carbonyl (C=O) groups is 4. The Labute approximate surface area is 259 Å². The van der Waals surface area contributed by atoms with Crippen LogP contribution in [0.5, 0.6) is 5.75 Å². The maximum Gasteiger partial charge on any atom is 0.412 e. The molecule has 5 amide bonds. The number of nitrogens with one attached hydrogen (secondary N) is 2. The molecule has 0 spiro atoms. The number of nitrogen functional groups attached to an aromatic ring is 1. The van der Waals surface area contributed by atoms with Gasteiger partial charge in [-0.25, -0.2) is 14.6 Å². The van der Waals surface area contributed by atoms with E-state index in [4.69, 9.17) is 10.5 Å². The van der Waals surface area contributed by atoms with Crippen LogP contribution in [0, 0.1) is 0 Å². The number of piperazine rings is 1. The number of hydrazine groups is 1. The lowest BCUT2D eigenvalue weighted by atomic mass is 9.99. The molecule has 4 N–H and O–H groups in total. The molecule has 5 rings (SSSR count). The molecule has 3 aromatic rings. The van der Waals surface area contributed by atoms with E-state index < -0.39 is 18.3 Å². The second-order valence-corrected chi connectivity index (χ2v) is 12.0. The van der Waals surface area contributed by atoms with Crippen LogP contribution in [0.2, 0.25) is 0 Å². The van der Waals surface area contributed by atoms with Crippen molar-refractivity contribution >= 4 is 50.6 Å². The first kappa shape index (κ1) is 31.0. The van der Waals surface area contributed by atoms with Crippen molar-refractivity contribution in [3.05, 3.63) is 53.6 Å². The molecule has 2 atom stereocenters. The molecule has 2 aliphatic rings. The number of ether oxygens (including phenoxy) is 1. The highest BCUT2D eigenvalue weighted by Crippen LogP contribution is 2.32. The number of urea groups is 1. The van der Waals surface area contributed by atoms with Crippen LogP contribution in [-0.4, -0.2) is 120 Å². The highest BCUT2D eigenvalue weighted by atomic mass is 32.1. The Morgan fingerprint density at radius 1 is 1.14 bits per heavy atom. The number of hydrogen-bond donors (Lipinski definition) is 3. The number of nitrogens with two attached hydrogens (primary N) is 1. The summed E-state index contributed by atoms with van der Waals surface area (Å²) in [5, 5.41) is 8.80. The molecule has 2 aromatic carbocycles. The predicted molar refractivity (Wildman–Crippen MR) is 166 cm³/mol. The van der Waals surface area contributed by atoms with E-state index in [0.717, 1.165) is 21.3 Å². The van der Waals surface area contributed by atoms with E-state index in [2.05, 4.69) is 15.6 Å². The number of anilines is 1. The van der Waals surface area contributed by atoms with Crippen LogP contribution in [0.3, 0.4) is 0 Å². The molecule has 0 unspecified atom stereocenters. The van der Waals surface area contributed by atoms with E-state index in [9.17, 15) is 19.2 Å². The summed E-state index contributed by atoms with van der Waals surface area (Å²) < 4.78 is 6.29. The molecule has 2 aliphatic heterocycles. The van der Waals surface area contributed by atoms with Gasteiger partial charge in [0.05, 0.1) is 23.3 Å². The maximum absolute atomic E-state index is 14.1. The summed E-state index contributed by atoms with van der Waals surface area (Å²) in [7, 11) is 6.94. The van der Waals surface area contributed by atoms with Crippen molar-refractivity contribution in [2.45, 2.75) is 25.2 Å². The van der Waals surface area contributed by atoms with Gasteiger partial charge < -0.3 is 35.8 Å². The number of para-hydroxylation sites is 1. The molecule has 234 valence electrons. The van der Waals surface area contributed by atoms with E-state index >= 15 is 0 Å². The minimum absolute atomic E-state index is 0.0415. The first-order chi connectivity index (χ1) is 21.0. The van der Waals surface area contributed by atoms with E-state index in [1.54, 1.807) is 46.1 Å². The Morgan fingerprint density at radius 3 is 2.59 bits per heavy atom. The quantitative estimate of drug-likeness (QED) is 0.318. The van der Waals surface area contributed by atoms with Gasteiger partial charge in [0.15, 0.2) is 5.13 Å². The van der Waals surface area contributed by atoms with Gasteiger partial charge in [-0.05, 0) is 43.4 Å². The molecule has 0 aliphatic carbocycles. The number of thiazole rings is 1. The normalized spacial score (nSPS) is 18.6. The zero-order chi connectivity index (χ0) is 31.5. The third kappa shape index (κ3) is 6.54. The average Bonchev–Trinajstić information content (AvgIpc) is 3.54. The van der Waals surface area contributed by atoms with Gasteiger partial charge in [-0.1, -0.05) is 35.6 Å². The Morgan fingerprint density at radius 2 is 1.89 bits per heavy atom. The van der Waals surface area contributed by atoms with Gasteiger partial charge in [-0.3, -0.25) is 14.6 Å². The highest BCUT2D eigenvalue weighted by Gasteiger charge is 2.51. The molecule has 2 fully saturated rings. The van der Waals surface area contributed by atoms with E-state index in [-0.39, 0.29) is 43.9 Å². The summed E-state index contributed by atoms with van der Waals surface area (Å²) in [6.45, 7) is 1.56. The SMILES string of the molecule is CNC(=O)N(C)N1CC(=O)N2[C@@H](Cc3ccc(OC(=O)NCCN(C)C)cc3)C(=O)N(Cc3cccc4sc(N)nc34)C[C@@H]21. The van der Waals surface area contributed by atoms with Gasteiger partial charge in [0.1, 0.15) is 18.0 Å². The van der Waals surface area contributed by atoms with Crippen LogP contribution in [0.15, 0.2) is 42.5 Å². The van der Waals surface area contributed by atoms with E-state index in [0.29, 0.717) is 24.0 Å². The fraction of sp³-hybridized carbons (Fsp3) is 0.414. The fourth-order valence-electron chi connectivity index (χ4n) is 5.53. The second-order valence-electron chi connectivity index (χ2n) is 11.0. The number of rotatable bonds is 9. The summed E-state index contributed by atoms with van der Waals surface area (Å²) in [4.78, 5) is 61.9. The van der Waals surface area contributed by atoms with Crippen LogP contribution in [0.1, 0.15) is 11.1 Å². The molecule has 2 saturated heterocycles. The van der Waals surface area contributed by atoms with Gasteiger partial charge >= 0.3 is 12.1 Å². The molecule has 0 saturated carbocycles. The minimum Gasteiger partial charge on any atom is -0.410 e. The van der Waals surface area contributed by atoms with Crippen LogP contribution >= 0.6 is 11.3 Å². The monoisotopic (exact) mass is 623 g/mol. The average molecular weight is 624 g/mol.